The van der Waals surface area contributed by atoms with Crippen molar-refractivity contribution < 1.29 is 22.8 Å². The summed E-state index contributed by atoms with van der Waals surface area (Å²) in [6.45, 7) is 0.379. The van der Waals surface area contributed by atoms with Gasteiger partial charge in [-0.15, -0.1) is 11.3 Å². The maximum Gasteiger partial charge on any atom is 0.389 e. The van der Waals surface area contributed by atoms with Crippen molar-refractivity contribution in [3.63, 3.8) is 0 Å². The topological polar surface area (TPSA) is 62.3 Å². The van der Waals surface area contributed by atoms with Crippen LogP contribution in [0.3, 0.4) is 0 Å². The molecule has 1 N–H and O–H groups in total. The third-order valence-corrected chi connectivity index (χ3v) is 7.24. The van der Waals surface area contributed by atoms with E-state index in [0.29, 0.717) is 34.9 Å². The number of benzene rings is 2. The molecule has 2 heterocycles. The Balaban J connectivity index is 1.41. The summed E-state index contributed by atoms with van der Waals surface area (Å²) in [6.07, 6.45) is -4.26. The normalized spacial score (nSPS) is 16.7. The second-order valence-electron chi connectivity index (χ2n) is 7.43. The molecular weight excluding hydrogens is 459 g/mol. The number of aromatic nitrogens is 1. The summed E-state index contributed by atoms with van der Waals surface area (Å²) >= 11 is 2.36. The average Bonchev–Trinajstić information content (AvgIpc) is 3.31. The molecular formula is C22H20F3N3O2S2. The Kier molecular flexibility index (Phi) is 6.71. The number of thioether (sulfide) groups is 1. The van der Waals surface area contributed by atoms with Gasteiger partial charge >= 0.3 is 6.18 Å². The molecule has 10 heteroatoms. The Hall–Kier alpha value is -2.59. The van der Waals surface area contributed by atoms with Crippen LogP contribution in [-0.2, 0) is 16.1 Å². The second kappa shape index (κ2) is 9.50. The first kappa shape index (κ1) is 22.6. The molecule has 0 spiro atoms. The number of fused-ring (bicyclic) bond motifs is 1. The number of amides is 2. The van der Waals surface area contributed by atoms with Crippen LogP contribution >= 0.6 is 23.1 Å². The van der Waals surface area contributed by atoms with E-state index < -0.39 is 18.6 Å². The Morgan fingerprint density at radius 3 is 2.75 bits per heavy atom. The number of thiazole rings is 1. The van der Waals surface area contributed by atoms with Gasteiger partial charge in [0.15, 0.2) is 4.34 Å². The Morgan fingerprint density at radius 1 is 1.22 bits per heavy atom. The second-order valence-corrected chi connectivity index (χ2v) is 9.80. The first-order valence-electron chi connectivity index (χ1n) is 10.0. The minimum absolute atomic E-state index is 0.0487. The molecule has 2 aromatic carbocycles. The Morgan fingerprint density at radius 2 is 2.00 bits per heavy atom. The van der Waals surface area contributed by atoms with Gasteiger partial charge in [0, 0.05) is 24.4 Å². The van der Waals surface area contributed by atoms with Gasteiger partial charge in [-0.05, 0) is 30.2 Å². The predicted molar refractivity (Wildman–Crippen MR) is 120 cm³/mol. The number of hydrogen-bond acceptors (Lipinski definition) is 5. The standard InChI is InChI=1S/C22H20F3N3O2S2/c23-22(24,25)10-11-31-21-27-16-7-6-15(12-18(16)32-21)26-20(30)17-8-9-19(29)28(17)13-14-4-2-1-3-5-14/h1-7,12,17H,8-11,13H2,(H,26,30). The van der Waals surface area contributed by atoms with Gasteiger partial charge in [-0.2, -0.15) is 13.2 Å². The molecule has 32 heavy (non-hydrogen) atoms. The SMILES string of the molecule is O=C(Nc1ccc2nc(SCCC(F)(F)F)sc2c1)C1CCC(=O)N1Cc1ccccc1. The van der Waals surface area contributed by atoms with Gasteiger partial charge in [0.05, 0.1) is 16.6 Å². The molecule has 1 atom stereocenters. The molecule has 3 aromatic rings. The zero-order valence-electron chi connectivity index (χ0n) is 16.9. The van der Waals surface area contributed by atoms with Gasteiger partial charge in [0.25, 0.3) is 0 Å². The molecule has 0 aliphatic carbocycles. The zero-order valence-corrected chi connectivity index (χ0v) is 18.5. The Labute approximate surface area is 191 Å². The summed E-state index contributed by atoms with van der Waals surface area (Å²) in [5, 5.41) is 2.88. The van der Waals surface area contributed by atoms with E-state index in [4.69, 9.17) is 0 Å². The third kappa shape index (κ3) is 5.60. The summed E-state index contributed by atoms with van der Waals surface area (Å²) in [4.78, 5) is 31.2. The van der Waals surface area contributed by atoms with Crippen LogP contribution in [-0.4, -0.2) is 39.7 Å². The van der Waals surface area contributed by atoms with Crippen molar-refractivity contribution in [3.05, 3.63) is 54.1 Å². The van der Waals surface area contributed by atoms with Gasteiger partial charge in [0.1, 0.15) is 6.04 Å². The summed E-state index contributed by atoms with van der Waals surface area (Å²) in [7, 11) is 0. The lowest BCUT2D eigenvalue weighted by Crippen LogP contribution is -2.41. The van der Waals surface area contributed by atoms with E-state index in [9.17, 15) is 22.8 Å². The minimum atomic E-state index is -4.18. The summed E-state index contributed by atoms with van der Waals surface area (Å²) < 4.78 is 38.4. The molecule has 5 nitrogen and oxygen atoms in total. The number of likely N-dealkylation sites (tertiary alicyclic amines) is 1. The minimum Gasteiger partial charge on any atom is -0.326 e. The summed E-state index contributed by atoms with van der Waals surface area (Å²) in [5.41, 5.74) is 2.20. The highest BCUT2D eigenvalue weighted by molar-refractivity contribution is 8.01. The maximum atomic E-state index is 12.9. The predicted octanol–water partition coefficient (Wildman–Crippen LogP) is 5.47. The average molecular weight is 480 g/mol. The number of nitrogens with one attached hydrogen (secondary N) is 1. The summed E-state index contributed by atoms with van der Waals surface area (Å²) in [5.74, 6) is -0.386. The number of alkyl halides is 3. The van der Waals surface area contributed by atoms with E-state index in [1.807, 2.05) is 30.3 Å². The highest BCUT2D eigenvalue weighted by Gasteiger charge is 2.36. The van der Waals surface area contributed by atoms with Crippen molar-refractivity contribution in [2.24, 2.45) is 0 Å². The lowest BCUT2D eigenvalue weighted by Gasteiger charge is -2.24. The monoisotopic (exact) mass is 479 g/mol. The molecule has 168 valence electrons. The molecule has 1 fully saturated rings. The van der Waals surface area contributed by atoms with E-state index in [1.54, 1.807) is 23.1 Å². The smallest absolute Gasteiger partial charge is 0.326 e. The number of nitrogens with zero attached hydrogens (tertiary/aromatic N) is 2. The molecule has 1 aromatic heterocycles. The number of carbonyl (C=O) groups excluding carboxylic acids is 2. The van der Waals surface area contributed by atoms with Crippen LogP contribution in [0.1, 0.15) is 24.8 Å². The van der Waals surface area contributed by atoms with Crippen LogP contribution in [0.2, 0.25) is 0 Å². The van der Waals surface area contributed by atoms with Gasteiger partial charge < -0.3 is 10.2 Å². The lowest BCUT2D eigenvalue weighted by molar-refractivity contribution is -0.133. The van der Waals surface area contributed by atoms with Crippen LogP contribution in [0.5, 0.6) is 0 Å². The van der Waals surface area contributed by atoms with E-state index in [2.05, 4.69) is 10.3 Å². The van der Waals surface area contributed by atoms with Gasteiger partial charge in [-0.1, -0.05) is 42.1 Å². The molecule has 1 aliphatic heterocycles. The van der Waals surface area contributed by atoms with Crippen LogP contribution in [0.4, 0.5) is 18.9 Å². The number of rotatable bonds is 7. The molecule has 4 rings (SSSR count). The van der Waals surface area contributed by atoms with Crippen molar-refractivity contribution in [2.45, 2.75) is 42.4 Å². The van der Waals surface area contributed by atoms with Crippen molar-refractivity contribution in [2.75, 3.05) is 11.1 Å². The van der Waals surface area contributed by atoms with Crippen molar-refractivity contribution in [1.29, 1.82) is 0 Å². The third-order valence-electron chi connectivity index (χ3n) is 5.07. The fourth-order valence-corrected chi connectivity index (χ4v) is 5.67. The highest BCUT2D eigenvalue weighted by Crippen LogP contribution is 2.33. The van der Waals surface area contributed by atoms with Gasteiger partial charge in [-0.25, -0.2) is 4.98 Å². The zero-order chi connectivity index (χ0) is 22.7. The fourth-order valence-electron chi connectivity index (χ4n) is 3.51. The van der Waals surface area contributed by atoms with E-state index >= 15 is 0 Å². The molecule has 0 radical (unpaired) electrons. The van der Waals surface area contributed by atoms with Crippen molar-refractivity contribution in [1.82, 2.24) is 9.88 Å². The molecule has 0 saturated carbocycles. The van der Waals surface area contributed by atoms with Gasteiger partial charge in [-0.3, -0.25) is 9.59 Å². The molecule has 1 unspecified atom stereocenters. The van der Waals surface area contributed by atoms with Crippen LogP contribution in [0.25, 0.3) is 10.2 Å². The lowest BCUT2D eigenvalue weighted by atomic mass is 10.1. The largest absolute Gasteiger partial charge is 0.389 e. The number of anilines is 1. The van der Waals surface area contributed by atoms with E-state index in [0.717, 1.165) is 22.0 Å². The fraction of sp³-hybridized carbons (Fsp3) is 0.318. The van der Waals surface area contributed by atoms with Gasteiger partial charge in [0.2, 0.25) is 11.8 Å². The molecule has 1 saturated heterocycles. The molecule has 2 amide bonds. The maximum absolute atomic E-state index is 12.9. The first-order valence-corrected chi connectivity index (χ1v) is 11.8. The summed E-state index contributed by atoms with van der Waals surface area (Å²) in [6, 6.07) is 14.2. The number of halogens is 3. The van der Waals surface area contributed by atoms with E-state index in [1.165, 1.54) is 11.3 Å². The quantitative estimate of drug-likeness (QED) is 0.457. The van der Waals surface area contributed by atoms with Crippen LogP contribution < -0.4 is 5.32 Å². The highest BCUT2D eigenvalue weighted by atomic mass is 32.2. The number of carbonyl (C=O) groups is 2. The number of hydrogen-bond donors (Lipinski definition) is 1. The van der Waals surface area contributed by atoms with Crippen molar-refractivity contribution >= 4 is 50.8 Å². The Bertz CT molecular complexity index is 1120. The van der Waals surface area contributed by atoms with Crippen LogP contribution in [0.15, 0.2) is 52.9 Å². The van der Waals surface area contributed by atoms with E-state index in [-0.39, 0.29) is 17.6 Å². The first-order chi connectivity index (χ1) is 15.3. The molecule has 0 bridgehead atoms. The molecule has 1 aliphatic rings. The van der Waals surface area contributed by atoms with Crippen molar-refractivity contribution in [3.8, 4) is 0 Å². The van der Waals surface area contributed by atoms with Crippen LogP contribution in [0, 0.1) is 0 Å².